The van der Waals surface area contributed by atoms with E-state index in [1.165, 1.54) is 6.26 Å². The molecule has 0 spiro atoms. The molecule has 0 saturated heterocycles. The van der Waals surface area contributed by atoms with E-state index in [0.29, 0.717) is 10.6 Å². The summed E-state index contributed by atoms with van der Waals surface area (Å²) >= 11 is 0. The van der Waals surface area contributed by atoms with Crippen LogP contribution < -0.4 is 5.32 Å². The van der Waals surface area contributed by atoms with Crippen molar-refractivity contribution in [2.75, 3.05) is 11.6 Å². The lowest BCUT2D eigenvalue weighted by molar-refractivity contribution is 0.155. The molecule has 6 nitrogen and oxygen atoms in total. The molecular weight excluding hydrogens is 350 g/mol. The molecule has 1 aromatic heterocycles. The summed E-state index contributed by atoms with van der Waals surface area (Å²) in [5.41, 5.74) is 2.34. The Hall–Kier alpha value is -3.06. The summed E-state index contributed by atoms with van der Waals surface area (Å²) in [6, 6.07) is 20.4. The van der Waals surface area contributed by atoms with Gasteiger partial charge in [-0.05, 0) is 17.2 Å². The first-order valence-electron chi connectivity index (χ1n) is 7.88. The number of aromatic nitrogens is 2. The van der Waals surface area contributed by atoms with Crippen molar-refractivity contribution in [2.24, 2.45) is 0 Å². The third-order valence-corrected chi connectivity index (χ3v) is 4.37. The fraction of sp³-hybridized carbons (Fsp3) is 0.105. The predicted molar refractivity (Wildman–Crippen MR) is 100 cm³/mol. The molecule has 1 atom stereocenters. The fourth-order valence-electron chi connectivity index (χ4n) is 2.30. The fourth-order valence-corrected chi connectivity index (χ4v) is 2.74. The molecular formula is C19H17N3O3S. The van der Waals surface area contributed by atoms with Gasteiger partial charge in [0.1, 0.15) is 11.6 Å². The molecule has 1 unspecified atom stereocenters. The van der Waals surface area contributed by atoms with Crippen LogP contribution in [0.1, 0.15) is 5.56 Å². The van der Waals surface area contributed by atoms with Crippen molar-refractivity contribution in [3.05, 3.63) is 72.3 Å². The van der Waals surface area contributed by atoms with Crippen molar-refractivity contribution in [3.63, 3.8) is 0 Å². The highest BCUT2D eigenvalue weighted by molar-refractivity contribution is 7.84. The molecule has 2 aromatic carbocycles. The van der Waals surface area contributed by atoms with Gasteiger partial charge in [-0.15, -0.1) is 10.2 Å². The number of carbonyl (C=O) groups excluding carboxylic acids is 1. The van der Waals surface area contributed by atoms with Crippen LogP contribution in [0.25, 0.3) is 11.1 Å². The van der Waals surface area contributed by atoms with Gasteiger partial charge in [0.05, 0.1) is 10.8 Å². The zero-order valence-electron chi connectivity index (χ0n) is 14.1. The molecule has 0 bridgehead atoms. The smallest absolute Gasteiger partial charge is 0.413 e. The van der Waals surface area contributed by atoms with Gasteiger partial charge in [-0.25, -0.2) is 4.79 Å². The van der Waals surface area contributed by atoms with Gasteiger partial charge in [0.25, 0.3) is 0 Å². The lowest BCUT2D eigenvalue weighted by Crippen LogP contribution is -2.16. The number of rotatable bonds is 5. The topological polar surface area (TPSA) is 81.2 Å². The van der Waals surface area contributed by atoms with Gasteiger partial charge in [-0.3, -0.25) is 9.53 Å². The minimum absolute atomic E-state index is 0.151. The maximum atomic E-state index is 12.1. The van der Waals surface area contributed by atoms with E-state index in [0.717, 1.165) is 11.1 Å². The van der Waals surface area contributed by atoms with E-state index in [2.05, 4.69) is 15.5 Å². The SMILES string of the molecule is CS(=O)c1cc(-c2ccccc2)c(NC(=O)OCc2ccccc2)nn1. The molecule has 0 aliphatic rings. The van der Waals surface area contributed by atoms with Crippen LogP contribution in [0.15, 0.2) is 71.8 Å². The Morgan fingerprint density at radius 3 is 2.35 bits per heavy atom. The molecule has 132 valence electrons. The van der Waals surface area contributed by atoms with Crippen LogP contribution in [-0.2, 0) is 22.1 Å². The number of amides is 1. The minimum atomic E-state index is -1.28. The van der Waals surface area contributed by atoms with Crippen molar-refractivity contribution in [3.8, 4) is 11.1 Å². The molecule has 3 rings (SSSR count). The summed E-state index contributed by atoms with van der Waals surface area (Å²) in [4.78, 5) is 12.1. The predicted octanol–water partition coefficient (Wildman–Crippen LogP) is 3.63. The van der Waals surface area contributed by atoms with E-state index in [1.807, 2.05) is 60.7 Å². The Bertz CT molecular complexity index is 918. The van der Waals surface area contributed by atoms with Crippen molar-refractivity contribution < 1.29 is 13.7 Å². The lowest BCUT2D eigenvalue weighted by atomic mass is 10.1. The molecule has 1 N–H and O–H groups in total. The van der Waals surface area contributed by atoms with Gasteiger partial charge in [0, 0.05) is 11.8 Å². The Labute approximate surface area is 153 Å². The molecule has 1 heterocycles. The van der Waals surface area contributed by atoms with E-state index in [9.17, 15) is 9.00 Å². The molecule has 7 heteroatoms. The average Bonchev–Trinajstić information content (AvgIpc) is 2.68. The van der Waals surface area contributed by atoms with E-state index < -0.39 is 16.9 Å². The van der Waals surface area contributed by atoms with E-state index in [4.69, 9.17) is 4.74 Å². The van der Waals surface area contributed by atoms with Crippen molar-refractivity contribution in [1.82, 2.24) is 10.2 Å². The van der Waals surface area contributed by atoms with E-state index in [1.54, 1.807) is 6.07 Å². The van der Waals surface area contributed by atoms with Gasteiger partial charge in [-0.1, -0.05) is 60.7 Å². The monoisotopic (exact) mass is 367 g/mol. The Morgan fingerprint density at radius 1 is 1.04 bits per heavy atom. The second-order valence-electron chi connectivity index (χ2n) is 5.45. The van der Waals surface area contributed by atoms with Crippen LogP contribution in [0.5, 0.6) is 0 Å². The Kier molecular flexibility index (Phi) is 5.70. The third-order valence-electron chi connectivity index (χ3n) is 3.58. The van der Waals surface area contributed by atoms with Crippen LogP contribution in [0.3, 0.4) is 0 Å². The number of benzene rings is 2. The maximum Gasteiger partial charge on any atom is 0.413 e. The number of nitrogens with one attached hydrogen (secondary N) is 1. The molecule has 0 fully saturated rings. The summed E-state index contributed by atoms with van der Waals surface area (Å²) in [5, 5.41) is 10.9. The average molecular weight is 367 g/mol. The Balaban J connectivity index is 1.80. The highest BCUT2D eigenvalue weighted by atomic mass is 32.2. The van der Waals surface area contributed by atoms with Crippen molar-refractivity contribution in [2.45, 2.75) is 11.6 Å². The largest absolute Gasteiger partial charge is 0.444 e. The number of hydrogen-bond acceptors (Lipinski definition) is 5. The van der Waals surface area contributed by atoms with Gasteiger partial charge < -0.3 is 4.74 Å². The highest BCUT2D eigenvalue weighted by Crippen LogP contribution is 2.27. The molecule has 0 aliphatic heterocycles. The summed E-state index contributed by atoms with van der Waals surface area (Å²) < 4.78 is 16.9. The minimum Gasteiger partial charge on any atom is -0.444 e. The molecule has 1 amide bonds. The van der Waals surface area contributed by atoms with Gasteiger partial charge in [0.2, 0.25) is 0 Å². The van der Waals surface area contributed by atoms with Crippen LogP contribution in [0, 0.1) is 0 Å². The van der Waals surface area contributed by atoms with Gasteiger partial charge >= 0.3 is 6.09 Å². The summed E-state index contributed by atoms with van der Waals surface area (Å²) in [6.45, 7) is 0.151. The first-order chi connectivity index (χ1) is 12.6. The van der Waals surface area contributed by atoms with Gasteiger partial charge in [-0.2, -0.15) is 0 Å². The van der Waals surface area contributed by atoms with E-state index in [-0.39, 0.29) is 12.4 Å². The third kappa shape index (κ3) is 4.52. The summed E-state index contributed by atoms with van der Waals surface area (Å²) in [5.74, 6) is 0.253. The zero-order chi connectivity index (χ0) is 18.4. The molecule has 26 heavy (non-hydrogen) atoms. The highest BCUT2D eigenvalue weighted by Gasteiger charge is 2.14. The van der Waals surface area contributed by atoms with Crippen LogP contribution >= 0.6 is 0 Å². The maximum absolute atomic E-state index is 12.1. The quantitative estimate of drug-likeness (QED) is 0.745. The number of nitrogens with zero attached hydrogens (tertiary/aromatic N) is 2. The first kappa shape index (κ1) is 17.8. The molecule has 0 aliphatic carbocycles. The lowest BCUT2D eigenvalue weighted by Gasteiger charge is -2.11. The van der Waals surface area contributed by atoms with Crippen LogP contribution in [0.4, 0.5) is 10.6 Å². The van der Waals surface area contributed by atoms with Crippen molar-refractivity contribution >= 4 is 22.7 Å². The summed E-state index contributed by atoms with van der Waals surface area (Å²) in [6.07, 6.45) is 0.894. The number of hydrogen-bond donors (Lipinski definition) is 1. The molecule has 0 radical (unpaired) electrons. The number of carbonyl (C=O) groups is 1. The second-order valence-corrected chi connectivity index (χ2v) is 6.78. The van der Waals surface area contributed by atoms with E-state index >= 15 is 0 Å². The number of ether oxygens (including phenoxy) is 1. The summed E-state index contributed by atoms with van der Waals surface area (Å²) in [7, 11) is -1.28. The van der Waals surface area contributed by atoms with Gasteiger partial charge in [0.15, 0.2) is 5.82 Å². The number of anilines is 1. The van der Waals surface area contributed by atoms with Crippen molar-refractivity contribution in [1.29, 1.82) is 0 Å². The second kappa shape index (κ2) is 8.35. The first-order valence-corrected chi connectivity index (χ1v) is 9.43. The standard InChI is InChI=1S/C19H17N3O3S/c1-26(24)17-12-16(15-10-6-3-7-11-15)18(22-21-17)20-19(23)25-13-14-8-4-2-5-9-14/h2-12H,13H2,1H3,(H,20,22,23). The zero-order valence-corrected chi connectivity index (χ0v) is 14.9. The van der Waals surface area contributed by atoms with Crippen LogP contribution in [-0.4, -0.2) is 26.8 Å². The molecule has 3 aromatic rings. The normalized spacial score (nSPS) is 11.6. The molecule has 0 saturated carbocycles. The van der Waals surface area contributed by atoms with Crippen LogP contribution in [0.2, 0.25) is 0 Å². The Morgan fingerprint density at radius 2 is 1.69 bits per heavy atom.